The Kier molecular flexibility index (Phi) is 5.93. The fourth-order valence-electron chi connectivity index (χ4n) is 2.01. The molecule has 14 heavy (non-hydrogen) atoms. The second kappa shape index (κ2) is 7.05. The monoisotopic (exact) mass is 196 g/mol. The smallest absolute Gasteiger partial charge is 0.0612 e. The number of unbranched alkanes of at least 4 members (excludes halogenated alkanes) is 4. The van der Waals surface area contributed by atoms with Gasteiger partial charge in [0.15, 0.2) is 0 Å². The Labute approximate surface area is 88.5 Å². The number of hydrogen-bond acceptors (Lipinski definition) is 1. The summed E-state index contributed by atoms with van der Waals surface area (Å²) in [6.45, 7) is 7.20. The molecule has 0 aromatic carbocycles. The minimum atomic E-state index is 0.484. The minimum absolute atomic E-state index is 0.484. The first-order valence-electron chi connectivity index (χ1n) is 6.11. The summed E-state index contributed by atoms with van der Waals surface area (Å²) in [6, 6.07) is 0. The van der Waals surface area contributed by atoms with Crippen LogP contribution in [-0.2, 0) is 4.74 Å². The molecule has 82 valence electrons. The lowest BCUT2D eigenvalue weighted by molar-refractivity contribution is 0.0291. The van der Waals surface area contributed by atoms with Gasteiger partial charge in [-0.2, -0.15) is 0 Å². The summed E-state index contributed by atoms with van der Waals surface area (Å²) in [7, 11) is 0. The van der Waals surface area contributed by atoms with Gasteiger partial charge in [0.05, 0.1) is 12.7 Å². The summed E-state index contributed by atoms with van der Waals surface area (Å²) in [4.78, 5) is 0. The fourth-order valence-corrected chi connectivity index (χ4v) is 2.01. The molecule has 1 heterocycles. The fraction of sp³-hybridized carbons (Fsp3) is 0.846. The second-order valence-electron chi connectivity index (χ2n) is 4.40. The molecule has 0 aromatic rings. The van der Waals surface area contributed by atoms with Crippen LogP contribution in [0.1, 0.15) is 58.3 Å². The van der Waals surface area contributed by atoms with Gasteiger partial charge in [-0.1, -0.05) is 51.2 Å². The zero-order valence-corrected chi connectivity index (χ0v) is 9.56. The van der Waals surface area contributed by atoms with Crippen molar-refractivity contribution in [3.05, 3.63) is 12.2 Å². The molecule has 1 nitrogen and oxygen atoms in total. The van der Waals surface area contributed by atoms with E-state index in [1.807, 2.05) is 0 Å². The molecule has 1 atom stereocenters. The van der Waals surface area contributed by atoms with Gasteiger partial charge in [-0.15, -0.1) is 0 Å². The maximum atomic E-state index is 5.69. The van der Waals surface area contributed by atoms with Gasteiger partial charge in [-0.3, -0.25) is 0 Å². The Morgan fingerprint density at radius 1 is 1.29 bits per heavy atom. The molecule has 0 spiro atoms. The first kappa shape index (κ1) is 11.8. The van der Waals surface area contributed by atoms with Crippen LogP contribution in [0.3, 0.4) is 0 Å². The molecule has 0 aliphatic carbocycles. The standard InChI is InChI=1S/C13H24O/c1-3-4-5-6-7-8-13-11-12(2)9-10-14-13/h13H,2-11H2,1H3. The lowest BCUT2D eigenvalue weighted by atomic mass is 9.99. The average molecular weight is 196 g/mol. The van der Waals surface area contributed by atoms with E-state index in [-0.39, 0.29) is 0 Å². The predicted octanol–water partition coefficient (Wildman–Crippen LogP) is 4.08. The molecule has 0 radical (unpaired) electrons. The molecule has 0 aromatic heterocycles. The molecule has 1 heteroatoms. The molecule has 1 aliphatic rings. The summed E-state index contributed by atoms with van der Waals surface area (Å²) in [5.74, 6) is 0. The molecule has 1 saturated heterocycles. The van der Waals surface area contributed by atoms with Crippen LogP contribution in [0.4, 0.5) is 0 Å². The van der Waals surface area contributed by atoms with Crippen LogP contribution < -0.4 is 0 Å². The van der Waals surface area contributed by atoms with Crippen molar-refractivity contribution in [1.82, 2.24) is 0 Å². The van der Waals surface area contributed by atoms with Crippen molar-refractivity contribution >= 4 is 0 Å². The Morgan fingerprint density at radius 2 is 2.07 bits per heavy atom. The molecule has 0 amide bonds. The minimum Gasteiger partial charge on any atom is -0.378 e. The normalized spacial score (nSPS) is 22.6. The van der Waals surface area contributed by atoms with Gasteiger partial charge in [0.2, 0.25) is 0 Å². The van der Waals surface area contributed by atoms with Crippen LogP contribution in [0.25, 0.3) is 0 Å². The van der Waals surface area contributed by atoms with Crippen molar-refractivity contribution < 1.29 is 4.74 Å². The van der Waals surface area contributed by atoms with E-state index in [9.17, 15) is 0 Å². The van der Waals surface area contributed by atoms with Crippen molar-refractivity contribution in [2.24, 2.45) is 0 Å². The first-order chi connectivity index (χ1) is 6.83. The van der Waals surface area contributed by atoms with Gasteiger partial charge in [0, 0.05) is 0 Å². The van der Waals surface area contributed by atoms with Crippen molar-refractivity contribution in [2.75, 3.05) is 6.61 Å². The summed E-state index contributed by atoms with van der Waals surface area (Å²) >= 11 is 0. The highest BCUT2D eigenvalue weighted by Gasteiger charge is 2.15. The van der Waals surface area contributed by atoms with E-state index in [4.69, 9.17) is 4.74 Å². The van der Waals surface area contributed by atoms with E-state index < -0.39 is 0 Å². The van der Waals surface area contributed by atoms with Crippen molar-refractivity contribution in [3.63, 3.8) is 0 Å². The van der Waals surface area contributed by atoms with Gasteiger partial charge in [0.1, 0.15) is 0 Å². The van der Waals surface area contributed by atoms with Crippen LogP contribution in [0.15, 0.2) is 12.2 Å². The zero-order chi connectivity index (χ0) is 10.2. The molecule has 0 bridgehead atoms. The van der Waals surface area contributed by atoms with Gasteiger partial charge in [-0.05, 0) is 19.3 Å². The predicted molar refractivity (Wildman–Crippen MR) is 61.5 cm³/mol. The SMILES string of the molecule is C=C1CCOC(CCCCCCC)C1. The number of hydrogen-bond donors (Lipinski definition) is 0. The summed E-state index contributed by atoms with van der Waals surface area (Å²) in [5.41, 5.74) is 1.38. The molecule has 1 rings (SSSR count). The maximum Gasteiger partial charge on any atom is 0.0612 e. The van der Waals surface area contributed by atoms with Crippen molar-refractivity contribution in [2.45, 2.75) is 64.4 Å². The van der Waals surface area contributed by atoms with Crippen LogP contribution in [0, 0.1) is 0 Å². The first-order valence-corrected chi connectivity index (χ1v) is 6.11. The Bertz CT molecular complexity index is 163. The summed E-state index contributed by atoms with van der Waals surface area (Å²) in [5, 5.41) is 0. The van der Waals surface area contributed by atoms with Gasteiger partial charge in [0.25, 0.3) is 0 Å². The quantitative estimate of drug-likeness (QED) is 0.459. The van der Waals surface area contributed by atoms with E-state index in [1.165, 1.54) is 44.1 Å². The van der Waals surface area contributed by atoms with E-state index in [0.29, 0.717) is 6.10 Å². The van der Waals surface area contributed by atoms with E-state index >= 15 is 0 Å². The average Bonchev–Trinajstić information content (AvgIpc) is 2.18. The zero-order valence-electron chi connectivity index (χ0n) is 9.56. The van der Waals surface area contributed by atoms with Crippen molar-refractivity contribution in [1.29, 1.82) is 0 Å². The van der Waals surface area contributed by atoms with E-state index in [0.717, 1.165) is 19.4 Å². The third-order valence-electron chi connectivity index (χ3n) is 2.96. The molecule has 1 fully saturated rings. The summed E-state index contributed by atoms with van der Waals surface area (Å²) in [6.07, 6.45) is 10.7. The lowest BCUT2D eigenvalue weighted by Crippen LogP contribution is -2.20. The third kappa shape index (κ3) is 4.80. The largest absolute Gasteiger partial charge is 0.378 e. The topological polar surface area (TPSA) is 9.23 Å². The lowest BCUT2D eigenvalue weighted by Gasteiger charge is -2.24. The molecule has 1 aliphatic heterocycles. The number of ether oxygens (including phenoxy) is 1. The van der Waals surface area contributed by atoms with Gasteiger partial charge in [-0.25, -0.2) is 0 Å². The van der Waals surface area contributed by atoms with Crippen LogP contribution >= 0.6 is 0 Å². The Balaban J connectivity index is 1.97. The van der Waals surface area contributed by atoms with Gasteiger partial charge >= 0.3 is 0 Å². The molecular formula is C13H24O. The van der Waals surface area contributed by atoms with Crippen molar-refractivity contribution in [3.8, 4) is 0 Å². The Hall–Kier alpha value is -0.300. The second-order valence-corrected chi connectivity index (χ2v) is 4.40. The van der Waals surface area contributed by atoms with E-state index in [2.05, 4.69) is 13.5 Å². The highest BCUT2D eigenvalue weighted by atomic mass is 16.5. The third-order valence-corrected chi connectivity index (χ3v) is 2.96. The molecule has 1 unspecified atom stereocenters. The molecule has 0 saturated carbocycles. The maximum absolute atomic E-state index is 5.69. The van der Waals surface area contributed by atoms with Gasteiger partial charge < -0.3 is 4.74 Å². The molecule has 0 N–H and O–H groups in total. The Morgan fingerprint density at radius 3 is 2.79 bits per heavy atom. The molecular weight excluding hydrogens is 172 g/mol. The van der Waals surface area contributed by atoms with Crippen LogP contribution in [0.2, 0.25) is 0 Å². The highest BCUT2D eigenvalue weighted by Crippen LogP contribution is 2.21. The van der Waals surface area contributed by atoms with Crippen LogP contribution in [0.5, 0.6) is 0 Å². The van der Waals surface area contributed by atoms with Crippen LogP contribution in [-0.4, -0.2) is 12.7 Å². The number of rotatable bonds is 6. The van der Waals surface area contributed by atoms with E-state index in [1.54, 1.807) is 0 Å². The highest BCUT2D eigenvalue weighted by molar-refractivity contribution is 4.98. The summed E-state index contributed by atoms with van der Waals surface area (Å²) < 4.78 is 5.69.